The Hall–Kier alpha value is -0.410. The molecule has 1 aromatic heterocycles. The third kappa shape index (κ3) is 1.27. The maximum absolute atomic E-state index is 4.62. The normalized spacial score (nSPS) is 17.3. The van der Waals surface area contributed by atoms with Crippen LogP contribution in [-0.2, 0) is 13.1 Å². The predicted molar refractivity (Wildman–Crippen MR) is 51.4 cm³/mol. The number of aromatic nitrogens is 1. The van der Waals surface area contributed by atoms with Gasteiger partial charge in [0.1, 0.15) is 0 Å². The number of nitrogens with zero attached hydrogens (tertiary/aromatic N) is 2. The summed E-state index contributed by atoms with van der Waals surface area (Å²) < 4.78 is 0. The molecule has 0 aliphatic carbocycles. The lowest BCUT2D eigenvalue weighted by atomic mass is 10.2. The fourth-order valence-corrected chi connectivity index (χ4v) is 2.61. The van der Waals surface area contributed by atoms with E-state index in [1.807, 2.05) is 11.3 Å². The van der Waals surface area contributed by atoms with E-state index in [0.29, 0.717) is 5.92 Å². The third-order valence-corrected chi connectivity index (χ3v) is 3.50. The highest BCUT2D eigenvalue weighted by atomic mass is 32.1. The summed E-state index contributed by atoms with van der Waals surface area (Å²) in [4.78, 5) is 8.39. The Kier molecular flexibility index (Phi) is 1.93. The maximum atomic E-state index is 4.62. The van der Waals surface area contributed by atoms with Crippen molar-refractivity contribution in [2.75, 3.05) is 7.05 Å². The highest BCUT2D eigenvalue weighted by Crippen LogP contribution is 2.30. The van der Waals surface area contributed by atoms with Crippen LogP contribution >= 0.6 is 11.3 Å². The van der Waals surface area contributed by atoms with E-state index in [1.54, 1.807) is 0 Å². The average molecular weight is 182 g/mol. The van der Waals surface area contributed by atoms with Crippen LogP contribution in [0.2, 0.25) is 0 Å². The van der Waals surface area contributed by atoms with Gasteiger partial charge < -0.3 is 0 Å². The van der Waals surface area contributed by atoms with Gasteiger partial charge in [-0.2, -0.15) is 0 Å². The summed E-state index contributed by atoms with van der Waals surface area (Å²) in [6.45, 7) is 6.55. The molecule has 0 fully saturated rings. The molecule has 1 aromatic rings. The van der Waals surface area contributed by atoms with Crippen LogP contribution in [0.3, 0.4) is 0 Å². The average Bonchev–Trinajstić information content (AvgIpc) is 2.42. The van der Waals surface area contributed by atoms with Gasteiger partial charge in [0, 0.05) is 23.9 Å². The van der Waals surface area contributed by atoms with Crippen molar-refractivity contribution in [3.8, 4) is 0 Å². The van der Waals surface area contributed by atoms with E-state index in [2.05, 4.69) is 30.8 Å². The van der Waals surface area contributed by atoms with Gasteiger partial charge in [0.05, 0.1) is 10.7 Å². The number of rotatable bonds is 1. The van der Waals surface area contributed by atoms with E-state index in [0.717, 1.165) is 13.1 Å². The van der Waals surface area contributed by atoms with Gasteiger partial charge in [-0.15, -0.1) is 11.3 Å². The van der Waals surface area contributed by atoms with Gasteiger partial charge in [-0.05, 0) is 7.05 Å². The molecule has 2 rings (SSSR count). The Balaban J connectivity index is 2.28. The molecule has 0 amide bonds. The Labute approximate surface area is 77.2 Å². The molecular weight excluding hydrogens is 168 g/mol. The van der Waals surface area contributed by atoms with Crippen LogP contribution in [0.15, 0.2) is 0 Å². The molecule has 1 aliphatic rings. The van der Waals surface area contributed by atoms with Crippen LogP contribution in [0, 0.1) is 0 Å². The van der Waals surface area contributed by atoms with Crippen LogP contribution in [0.4, 0.5) is 0 Å². The van der Waals surface area contributed by atoms with Crippen molar-refractivity contribution in [1.29, 1.82) is 0 Å². The molecule has 0 unspecified atom stereocenters. The predicted octanol–water partition coefficient (Wildman–Crippen LogP) is 2.21. The van der Waals surface area contributed by atoms with Crippen LogP contribution in [0.5, 0.6) is 0 Å². The molecule has 0 radical (unpaired) electrons. The summed E-state index contributed by atoms with van der Waals surface area (Å²) in [7, 11) is 2.14. The molecule has 1 aliphatic heterocycles. The molecule has 2 heterocycles. The van der Waals surface area contributed by atoms with Crippen LogP contribution in [-0.4, -0.2) is 16.9 Å². The molecule has 2 nitrogen and oxygen atoms in total. The van der Waals surface area contributed by atoms with Gasteiger partial charge >= 0.3 is 0 Å². The molecule has 12 heavy (non-hydrogen) atoms. The molecule has 0 N–H and O–H groups in total. The Morgan fingerprint density at radius 3 is 2.75 bits per heavy atom. The Morgan fingerprint density at radius 1 is 1.42 bits per heavy atom. The van der Waals surface area contributed by atoms with E-state index in [9.17, 15) is 0 Å². The van der Waals surface area contributed by atoms with Gasteiger partial charge in [-0.25, -0.2) is 4.98 Å². The summed E-state index contributed by atoms with van der Waals surface area (Å²) in [5, 5.41) is 1.30. The van der Waals surface area contributed by atoms with Gasteiger partial charge in [0.25, 0.3) is 0 Å². The summed E-state index contributed by atoms with van der Waals surface area (Å²) in [6.07, 6.45) is 0. The quantitative estimate of drug-likeness (QED) is 0.662. The van der Waals surface area contributed by atoms with Crippen molar-refractivity contribution >= 4 is 11.3 Å². The first-order valence-corrected chi connectivity index (χ1v) is 5.15. The van der Waals surface area contributed by atoms with Gasteiger partial charge in [0.15, 0.2) is 0 Å². The summed E-state index contributed by atoms with van der Waals surface area (Å²) in [6, 6.07) is 0. The van der Waals surface area contributed by atoms with E-state index < -0.39 is 0 Å². The minimum atomic E-state index is 0.589. The van der Waals surface area contributed by atoms with Gasteiger partial charge in [-0.3, -0.25) is 4.90 Å². The van der Waals surface area contributed by atoms with E-state index in [4.69, 9.17) is 0 Å². The van der Waals surface area contributed by atoms with Crippen molar-refractivity contribution < 1.29 is 0 Å². The molecule has 0 saturated carbocycles. The topological polar surface area (TPSA) is 16.1 Å². The number of hydrogen-bond acceptors (Lipinski definition) is 3. The molecule has 66 valence electrons. The molecule has 0 atom stereocenters. The monoisotopic (exact) mass is 182 g/mol. The molecule has 0 aromatic carbocycles. The van der Waals surface area contributed by atoms with Crippen molar-refractivity contribution in [2.24, 2.45) is 0 Å². The van der Waals surface area contributed by atoms with Crippen LogP contribution in [0.1, 0.15) is 35.3 Å². The van der Waals surface area contributed by atoms with Crippen molar-refractivity contribution in [1.82, 2.24) is 9.88 Å². The third-order valence-electron chi connectivity index (χ3n) is 2.12. The number of fused-ring (bicyclic) bond motifs is 1. The summed E-state index contributed by atoms with van der Waals surface area (Å²) in [5.74, 6) is 0.589. The highest BCUT2D eigenvalue weighted by Gasteiger charge is 2.21. The molecule has 3 heteroatoms. The maximum Gasteiger partial charge on any atom is 0.0957 e. The molecule has 0 bridgehead atoms. The zero-order valence-corrected chi connectivity index (χ0v) is 8.61. The lowest BCUT2D eigenvalue weighted by molar-refractivity contribution is 0.351. The summed E-state index contributed by atoms with van der Waals surface area (Å²) in [5.41, 5.74) is 1.31. The zero-order valence-electron chi connectivity index (χ0n) is 7.79. The van der Waals surface area contributed by atoms with E-state index >= 15 is 0 Å². The van der Waals surface area contributed by atoms with Crippen LogP contribution < -0.4 is 0 Å². The van der Waals surface area contributed by atoms with Gasteiger partial charge in [0.2, 0.25) is 0 Å². The SMILES string of the molecule is CC(C)c1nc2c(s1)CN(C)C2. The van der Waals surface area contributed by atoms with Crippen molar-refractivity contribution in [3.63, 3.8) is 0 Å². The standard InChI is InChI=1S/C9H14N2S/c1-6(2)9-10-7-4-11(3)5-8(7)12-9/h6H,4-5H2,1-3H3. The van der Waals surface area contributed by atoms with Crippen molar-refractivity contribution in [2.45, 2.75) is 32.9 Å². The first-order chi connectivity index (χ1) is 5.66. The van der Waals surface area contributed by atoms with Gasteiger partial charge in [-0.1, -0.05) is 13.8 Å². The first kappa shape index (κ1) is 8.20. The largest absolute Gasteiger partial charge is 0.295 e. The summed E-state index contributed by atoms with van der Waals surface area (Å²) >= 11 is 1.88. The first-order valence-electron chi connectivity index (χ1n) is 4.34. The fraction of sp³-hybridized carbons (Fsp3) is 0.667. The number of thiazole rings is 1. The second-order valence-electron chi connectivity index (χ2n) is 3.75. The lowest BCUT2D eigenvalue weighted by Crippen LogP contribution is -2.08. The molecule has 0 spiro atoms. The fourth-order valence-electron chi connectivity index (χ4n) is 1.45. The second kappa shape index (κ2) is 2.82. The van der Waals surface area contributed by atoms with E-state index in [1.165, 1.54) is 15.6 Å². The Bertz CT molecular complexity index is 267. The smallest absolute Gasteiger partial charge is 0.0957 e. The molecule has 0 saturated heterocycles. The second-order valence-corrected chi connectivity index (χ2v) is 4.86. The Morgan fingerprint density at radius 2 is 2.17 bits per heavy atom. The highest BCUT2D eigenvalue weighted by molar-refractivity contribution is 7.11. The van der Waals surface area contributed by atoms with E-state index in [-0.39, 0.29) is 0 Å². The number of hydrogen-bond donors (Lipinski definition) is 0. The zero-order chi connectivity index (χ0) is 8.72. The lowest BCUT2D eigenvalue weighted by Gasteiger charge is -2.05. The minimum absolute atomic E-state index is 0.589. The van der Waals surface area contributed by atoms with Crippen LogP contribution in [0.25, 0.3) is 0 Å². The van der Waals surface area contributed by atoms with Crippen molar-refractivity contribution in [3.05, 3.63) is 15.6 Å². The molecular formula is C9H14N2S. The minimum Gasteiger partial charge on any atom is -0.295 e.